The number of nitriles is 1. The van der Waals surface area contributed by atoms with Gasteiger partial charge in [-0.1, -0.05) is 41.9 Å². The third kappa shape index (κ3) is 4.29. The van der Waals surface area contributed by atoms with E-state index >= 15 is 0 Å². The lowest BCUT2D eigenvalue weighted by Crippen LogP contribution is -1.99. The Morgan fingerprint density at radius 3 is 2.55 bits per heavy atom. The van der Waals surface area contributed by atoms with E-state index in [1.165, 1.54) is 5.56 Å². The first-order chi connectivity index (χ1) is 9.79. The van der Waals surface area contributed by atoms with Crippen LogP contribution in [0.3, 0.4) is 0 Å². The minimum absolute atomic E-state index is 0.493. The van der Waals surface area contributed by atoms with Crippen molar-refractivity contribution >= 4 is 11.6 Å². The molecule has 2 nitrogen and oxygen atoms in total. The van der Waals surface area contributed by atoms with Crippen LogP contribution in [-0.2, 0) is 6.42 Å². The van der Waals surface area contributed by atoms with Crippen molar-refractivity contribution in [1.82, 2.24) is 0 Å². The van der Waals surface area contributed by atoms with Crippen molar-refractivity contribution in [3.05, 3.63) is 64.7 Å². The van der Waals surface area contributed by atoms with Crippen LogP contribution in [0.4, 0.5) is 0 Å². The van der Waals surface area contributed by atoms with Crippen LogP contribution in [0.15, 0.2) is 48.5 Å². The third-order valence-electron chi connectivity index (χ3n) is 3.02. The van der Waals surface area contributed by atoms with Gasteiger partial charge in [-0.2, -0.15) is 5.26 Å². The Balaban J connectivity index is 1.72. The first-order valence-corrected chi connectivity index (χ1v) is 7.04. The van der Waals surface area contributed by atoms with Gasteiger partial charge in [-0.25, -0.2) is 0 Å². The molecule has 0 amide bonds. The van der Waals surface area contributed by atoms with Gasteiger partial charge in [0, 0.05) is 0 Å². The van der Waals surface area contributed by atoms with Crippen molar-refractivity contribution in [1.29, 1.82) is 5.26 Å². The fraction of sp³-hybridized carbons (Fsp3) is 0.235. The summed E-state index contributed by atoms with van der Waals surface area (Å²) in [6, 6.07) is 17.6. The predicted octanol–water partition coefficient (Wildman–Crippen LogP) is 4.61. The van der Waals surface area contributed by atoms with Gasteiger partial charge in [0.15, 0.2) is 0 Å². The number of rotatable bonds is 6. The first-order valence-electron chi connectivity index (χ1n) is 6.66. The van der Waals surface area contributed by atoms with Gasteiger partial charge in [0.05, 0.1) is 23.3 Å². The minimum Gasteiger partial charge on any atom is -0.492 e. The van der Waals surface area contributed by atoms with Crippen LogP contribution in [0.1, 0.15) is 24.0 Å². The van der Waals surface area contributed by atoms with Crippen LogP contribution >= 0.6 is 11.6 Å². The third-order valence-corrected chi connectivity index (χ3v) is 3.32. The number of hydrogen-bond donors (Lipinski definition) is 0. The Hall–Kier alpha value is -1.98. The van der Waals surface area contributed by atoms with E-state index in [1.54, 1.807) is 18.2 Å². The number of ether oxygens (including phenoxy) is 1. The normalized spacial score (nSPS) is 10.0. The van der Waals surface area contributed by atoms with Crippen LogP contribution in [0.25, 0.3) is 0 Å². The lowest BCUT2D eigenvalue weighted by molar-refractivity contribution is 0.307. The smallest absolute Gasteiger partial charge is 0.137 e. The van der Waals surface area contributed by atoms with Crippen molar-refractivity contribution in [2.45, 2.75) is 19.3 Å². The van der Waals surface area contributed by atoms with E-state index in [2.05, 4.69) is 24.3 Å². The maximum absolute atomic E-state index is 8.76. The van der Waals surface area contributed by atoms with Gasteiger partial charge in [-0.15, -0.1) is 0 Å². The molecular weight excluding hydrogens is 270 g/mol. The Labute approximate surface area is 124 Å². The molecular formula is C17H16ClNO. The van der Waals surface area contributed by atoms with Crippen molar-refractivity contribution in [3.8, 4) is 11.8 Å². The summed E-state index contributed by atoms with van der Waals surface area (Å²) in [5.74, 6) is 0.644. The molecule has 2 aromatic carbocycles. The fourth-order valence-corrected chi connectivity index (χ4v) is 2.18. The topological polar surface area (TPSA) is 33.0 Å². The molecule has 0 aliphatic rings. The van der Waals surface area contributed by atoms with Gasteiger partial charge in [-0.3, -0.25) is 0 Å². The van der Waals surface area contributed by atoms with Crippen molar-refractivity contribution in [2.75, 3.05) is 6.61 Å². The summed E-state index contributed by atoms with van der Waals surface area (Å²) in [4.78, 5) is 0. The molecule has 0 bridgehead atoms. The number of benzene rings is 2. The summed E-state index contributed by atoms with van der Waals surface area (Å²) < 4.78 is 5.63. The number of aryl methyl sites for hydroxylation is 1. The van der Waals surface area contributed by atoms with Crippen molar-refractivity contribution in [3.63, 3.8) is 0 Å². The number of halogens is 1. The lowest BCUT2D eigenvalue weighted by atomic mass is 10.1. The zero-order chi connectivity index (χ0) is 14.2. The molecule has 20 heavy (non-hydrogen) atoms. The van der Waals surface area contributed by atoms with Gasteiger partial charge in [0.1, 0.15) is 5.75 Å². The largest absolute Gasteiger partial charge is 0.492 e. The molecule has 0 radical (unpaired) electrons. The van der Waals surface area contributed by atoms with Crippen LogP contribution in [-0.4, -0.2) is 6.61 Å². The maximum Gasteiger partial charge on any atom is 0.137 e. The van der Waals surface area contributed by atoms with Crippen LogP contribution in [0.5, 0.6) is 5.75 Å². The molecule has 102 valence electrons. The highest BCUT2D eigenvalue weighted by molar-refractivity contribution is 6.32. The second kappa shape index (κ2) is 7.57. The molecule has 0 N–H and O–H groups in total. The summed E-state index contributed by atoms with van der Waals surface area (Å²) in [7, 11) is 0. The summed E-state index contributed by atoms with van der Waals surface area (Å²) in [5, 5.41) is 9.25. The Bertz CT molecular complexity index is 590. The molecule has 3 heteroatoms. The highest BCUT2D eigenvalue weighted by Crippen LogP contribution is 2.25. The molecule has 0 atom stereocenters. The summed E-state index contributed by atoms with van der Waals surface area (Å²) in [5.41, 5.74) is 1.90. The average Bonchev–Trinajstić information content (AvgIpc) is 2.49. The van der Waals surface area contributed by atoms with Gasteiger partial charge in [-0.05, 0) is 43.0 Å². The predicted molar refractivity (Wildman–Crippen MR) is 81.0 cm³/mol. The second-order valence-corrected chi connectivity index (χ2v) is 4.96. The van der Waals surface area contributed by atoms with Gasteiger partial charge in [0.25, 0.3) is 0 Å². The van der Waals surface area contributed by atoms with Crippen molar-refractivity contribution < 1.29 is 4.74 Å². The molecule has 0 heterocycles. The van der Waals surface area contributed by atoms with E-state index in [0.29, 0.717) is 22.9 Å². The highest BCUT2D eigenvalue weighted by Gasteiger charge is 2.02. The quantitative estimate of drug-likeness (QED) is 0.726. The zero-order valence-electron chi connectivity index (χ0n) is 11.2. The van der Waals surface area contributed by atoms with E-state index in [-0.39, 0.29) is 0 Å². The first kappa shape index (κ1) is 14.4. The Kier molecular flexibility index (Phi) is 5.46. The molecule has 0 spiro atoms. The SMILES string of the molecule is N#Cc1ccc(OCCCCc2ccccc2)c(Cl)c1. The molecule has 2 rings (SSSR count). The maximum atomic E-state index is 8.76. The van der Waals surface area contributed by atoms with Crippen LogP contribution < -0.4 is 4.74 Å². The summed E-state index contributed by atoms with van der Waals surface area (Å²) in [6.07, 6.45) is 3.12. The molecule has 0 aliphatic heterocycles. The molecule has 0 saturated carbocycles. The van der Waals surface area contributed by atoms with Crippen LogP contribution in [0.2, 0.25) is 5.02 Å². The molecule has 0 saturated heterocycles. The molecule has 0 aliphatic carbocycles. The average molecular weight is 286 g/mol. The number of nitrogens with zero attached hydrogens (tertiary/aromatic N) is 1. The van der Waals surface area contributed by atoms with E-state index in [0.717, 1.165) is 19.3 Å². The highest BCUT2D eigenvalue weighted by atomic mass is 35.5. The zero-order valence-corrected chi connectivity index (χ0v) is 11.9. The minimum atomic E-state index is 0.493. The van der Waals surface area contributed by atoms with E-state index < -0.39 is 0 Å². The van der Waals surface area contributed by atoms with Crippen LogP contribution in [0, 0.1) is 11.3 Å². The Morgan fingerprint density at radius 2 is 1.85 bits per heavy atom. The fourth-order valence-electron chi connectivity index (χ4n) is 1.95. The summed E-state index contributed by atoms with van der Waals surface area (Å²) in [6.45, 7) is 0.637. The van der Waals surface area contributed by atoms with Gasteiger partial charge >= 0.3 is 0 Å². The van der Waals surface area contributed by atoms with E-state index in [1.807, 2.05) is 12.1 Å². The molecule has 2 aromatic rings. The van der Waals surface area contributed by atoms with E-state index in [4.69, 9.17) is 21.6 Å². The number of unbranched alkanes of at least 4 members (excludes halogenated alkanes) is 1. The van der Waals surface area contributed by atoms with E-state index in [9.17, 15) is 0 Å². The standard InChI is InChI=1S/C17H16ClNO/c18-16-12-15(13-19)9-10-17(16)20-11-5-4-8-14-6-2-1-3-7-14/h1-3,6-7,9-10,12H,4-5,8,11H2. The molecule has 0 aromatic heterocycles. The monoisotopic (exact) mass is 285 g/mol. The Morgan fingerprint density at radius 1 is 1.05 bits per heavy atom. The van der Waals surface area contributed by atoms with Gasteiger partial charge in [0.2, 0.25) is 0 Å². The molecule has 0 unspecified atom stereocenters. The van der Waals surface area contributed by atoms with Gasteiger partial charge < -0.3 is 4.74 Å². The second-order valence-electron chi connectivity index (χ2n) is 4.55. The molecule has 0 fully saturated rings. The number of hydrogen-bond acceptors (Lipinski definition) is 2. The summed E-state index contributed by atoms with van der Waals surface area (Å²) >= 11 is 6.04. The van der Waals surface area contributed by atoms with Crippen molar-refractivity contribution in [2.24, 2.45) is 0 Å². The lowest BCUT2D eigenvalue weighted by Gasteiger charge is -2.08.